The molecule has 0 radical (unpaired) electrons. The van der Waals surface area contributed by atoms with Gasteiger partial charge in [-0.1, -0.05) is 53.2 Å². The predicted molar refractivity (Wildman–Crippen MR) is 87.7 cm³/mol. The van der Waals surface area contributed by atoms with Gasteiger partial charge in [-0.15, -0.1) is 0 Å². The van der Waals surface area contributed by atoms with Crippen LogP contribution in [-0.2, 0) is 10.0 Å². The molecule has 110 valence electrons. The highest BCUT2D eigenvalue weighted by Gasteiger charge is 2.13. The minimum atomic E-state index is -3.65. The minimum absolute atomic E-state index is 0.179. The molecule has 4 nitrogen and oxygen atoms in total. The monoisotopic (exact) mass is 366 g/mol. The van der Waals surface area contributed by atoms with E-state index in [1.807, 2.05) is 37.3 Å². The van der Waals surface area contributed by atoms with E-state index < -0.39 is 10.0 Å². The van der Waals surface area contributed by atoms with Gasteiger partial charge in [0.25, 0.3) is 10.0 Å². The Kier molecular flexibility index (Phi) is 5.14. The molecule has 0 heterocycles. The molecular formula is C15H15BrN2O2S. The maximum atomic E-state index is 12.2. The van der Waals surface area contributed by atoms with E-state index in [1.165, 1.54) is 12.1 Å². The third kappa shape index (κ3) is 4.15. The molecule has 1 N–H and O–H groups in total. The van der Waals surface area contributed by atoms with Crippen LogP contribution in [0.25, 0.3) is 0 Å². The van der Waals surface area contributed by atoms with Crippen LogP contribution in [0, 0.1) is 0 Å². The zero-order chi connectivity index (χ0) is 15.3. The Bertz CT molecular complexity index is 726. The summed E-state index contributed by atoms with van der Waals surface area (Å²) in [7, 11) is -3.65. The Morgan fingerprint density at radius 2 is 1.71 bits per heavy atom. The molecule has 0 aliphatic carbocycles. The van der Waals surface area contributed by atoms with Crippen molar-refractivity contribution in [3.05, 3.63) is 64.6 Å². The molecule has 0 saturated carbocycles. The van der Waals surface area contributed by atoms with Crippen molar-refractivity contribution in [1.82, 2.24) is 4.83 Å². The summed E-state index contributed by atoms with van der Waals surface area (Å²) >= 11 is 3.27. The highest BCUT2D eigenvalue weighted by molar-refractivity contribution is 9.10. The van der Waals surface area contributed by atoms with Crippen molar-refractivity contribution < 1.29 is 8.42 Å². The van der Waals surface area contributed by atoms with Crippen LogP contribution in [0.5, 0.6) is 0 Å². The molecule has 0 aliphatic rings. The summed E-state index contributed by atoms with van der Waals surface area (Å²) in [6, 6.07) is 15.9. The maximum Gasteiger partial charge on any atom is 0.276 e. The summed E-state index contributed by atoms with van der Waals surface area (Å²) in [6.07, 6.45) is 0.632. The molecule has 0 fully saturated rings. The van der Waals surface area contributed by atoms with E-state index >= 15 is 0 Å². The van der Waals surface area contributed by atoms with E-state index in [1.54, 1.807) is 12.1 Å². The van der Waals surface area contributed by atoms with Crippen LogP contribution in [0.4, 0.5) is 0 Å². The number of rotatable bonds is 5. The lowest BCUT2D eigenvalue weighted by Gasteiger charge is -2.07. The van der Waals surface area contributed by atoms with Gasteiger partial charge in [0.1, 0.15) is 0 Å². The highest BCUT2D eigenvalue weighted by Crippen LogP contribution is 2.14. The van der Waals surface area contributed by atoms with Gasteiger partial charge in [0.15, 0.2) is 0 Å². The Morgan fingerprint density at radius 3 is 2.29 bits per heavy atom. The Labute approximate surface area is 133 Å². The first-order chi connectivity index (χ1) is 10.0. The third-order valence-electron chi connectivity index (χ3n) is 2.87. The molecule has 0 saturated heterocycles. The number of nitrogens with zero attached hydrogens (tertiary/aromatic N) is 1. The quantitative estimate of drug-likeness (QED) is 0.649. The van der Waals surface area contributed by atoms with Crippen molar-refractivity contribution in [1.29, 1.82) is 0 Å². The number of hydrazone groups is 1. The van der Waals surface area contributed by atoms with Crippen molar-refractivity contribution in [2.45, 2.75) is 18.2 Å². The van der Waals surface area contributed by atoms with Crippen LogP contribution >= 0.6 is 15.9 Å². The number of hydrogen-bond donors (Lipinski definition) is 1. The zero-order valence-electron chi connectivity index (χ0n) is 11.5. The topological polar surface area (TPSA) is 58.5 Å². The van der Waals surface area contributed by atoms with Crippen molar-refractivity contribution in [2.75, 3.05) is 0 Å². The van der Waals surface area contributed by atoms with Gasteiger partial charge in [0.2, 0.25) is 0 Å². The summed E-state index contributed by atoms with van der Waals surface area (Å²) in [5.41, 5.74) is 1.59. The fourth-order valence-electron chi connectivity index (χ4n) is 1.76. The van der Waals surface area contributed by atoms with E-state index in [0.717, 1.165) is 10.0 Å². The number of nitrogens with one attached hydrogen (secondary N) is 1. The Morgan fingerprint density at radius 1 is 1.10 bits per heavy atom. The van der Waals surface area contributed by atoms with Crippen LogP contribution in [0.1, 0.15) is 18.9 Å². The summed E-state index contributed by atoms with van der Waals surface area (Å²) in [4.78, 5) is 2.47. The Hall–Kier alpha value is -1.66. The largest absolute Gasteiger partial charge is 0.276 e. The first-order valence-corrected chi connectivity index (χ1v) is 8.70. The second-order valence-electron chi connectivity index (χ2n) is 4.33. The molecule has 2 aromatic rings. The van der Waals surface area contributed by atoms with Gasteiger partial charge in [-0.25, -0.2) is 0 Å². The standard InChI is InChI=1S/C15H15BrN2O2S/c1-2-15(12-6-4-3-5-7-12)17-18-21(19,20)14-10-8-13(16)9-11-14/h3-11,18H,2H2,1H3/b17-15-. The first kappa shape index (κ1) is 15.7. The smallest absolute Gasteiger partial charge is 0.200 e. The van der Waals surface area contributed by atoms with E-state index in [4.69, 9.17) is 0 Å². The maximum absolute atomic E-state index is 12.2. The summed E-state index contributed by atoms with van der Waals surface area (Å²) < 4.78 is 25.1. The molecule has 0 unspecified atom stereocenters. The molecule has 2 rings (SSSR count). The van der Waals surface area contributed by atoms with Gasteiger partial charge in [0, 0.05) is 4.47 Å². The SMILES string of the molecule is CC/C(=N/NS(=O)(=O)c1ccc(Br)cc1)c1ccccc1. The van der Waals surface area contributed by atoms with Crippen LogP contribution in [0.3, 0.4) is 0 Å². The molecule has 0 bridgehead atoms. The first-order valence-electron chi connectivity index (χ1n) is 6.42. The van der Waals surface area contributed by atoms with E-state index in [2.05, 4.69) is 25.9 Å². The van der Waals surface area contributed by atoms with Gasteiger partial charge >= 0.3 is 0 Å². The van der Waals surface area contributed by atoms with E-state index in [0.29, 0.717) is 12.1 Å². The van der Waals surface area contributed by atoms with Crippen molar-refractivity contribution in [3.63, 3.8) is 0 Å². The molecule has 0 aliphatic heterocycles. The summed E-state index contributed by atoms with van der Waals surface area (Å²) in [5.74, 6) is 0. The fraction of sp³-hybridized carbons (Fsp3) is 0.133. The lowest BCUT2D eigenvalue weighted by atomic mass is 10.1. The highest BCUT2D eigenvalue weighted by atomic mass is 79.9. The van der Waals surface area contributed by atoms with Crippen LogP contribution in [-0.4, -0.2) is 14.1 Å². The minimum Gasteiger partial charge on any atom is -0.200 e. The number of hydrogen-bond acceptors (Lipinski definition) is 3. The summed E-state index contributed by atoms with van der Waals surface area (Å²) in [5, 5.41) is 4.05. The van der Waals surface area contributed by atoms with Crippen molar-refractivity contribution in [3.8, 4) is 0 Å². The number of halogens is 1. The number of benzene rings is 2. The van der Waals surface area contributed by atoms with Gasteiger partial charge in [-0.3, -0.25) is 0 Å². The van der Waals surface area contributed by atoms with Gasteiger partial charge in [-0.05, 0) is 36.2 Å². The Balaban J connectivity index is 2.24. The van der Waals surface area contributed by atoms with Crippen LogP contribution in [0.15, 0.2) is 69.1 Å². The second-order valence-corrected chi connectivity index (χ2v) is 6.90. The van der Waals surface area contributed by atoms with Crippen LogP contribution in [0.2, 0.25) is 0 Å². The van der Waals surface area contributed by atoms with E-state index in [-0.39, 0.29) is 4.90 Å². The zero-order valence-corrected chi connectivity index (χ0v) is 13.9. The summed E-state index contributed by atoms with van der Waals surface area (Å²) in [6.45, 7) is 1.93. The molecule has 0 amide bonds. The van der Waals surface area contributed by atoms with Gasteiger partial charge in [0.05, 0.1) is 10.6 Å². The number of sulfonamides is 1. The molecule has 2 aromatic carbocycles. The molecule has 0 aromatic heterocycles. The normalized spacial score (nSPS) is 12.2. The lowest BCUT2D eigenvalue weighted by molar-refractivity contribution is 0.584. The third-order valence-corrected chi connectivity index (χ3v) is 4.62. The fourth-order valence-corrected chi connectivity index (χ4v) is 2.85. The average Bonchev–Trinajstić information content (AvgIpc) is 2.49. The van der Waals surface area contributed by atoms with Gasteiger partial charge in [-0.2, -0.15) is 18.4 Å². The van der Waals surface area contributed by atoms with Crippen molar-refractivity contribution in [2.24, 2.45) is 5.10 Å². The average molecular weight is 367 g/mol. The molecular weight excluding hydrogens is 352 g/mol. The van der Waals surface area contributed by atoms with E-state index in [9.17, 15) is 8.42 Å². The predicted octanol–water partition coefficient (Wildman–Crippen LogP) is 3.54. The van der Waals surface area contributed by atoms with Crippen LogP contribution < -0.4 is 4.83 Å². The van der Waals surface area contributed by atoms with Gasteiger partial charge < -0.3 is 0 Å². The van der Waals surface area contributed by atoms with Crippen molar-refractivity contribution >= 4 is 31.7 Å². The molecule has 0 atom stereocenters. The molecule has 0 spiro atoms. The lowest BCUT2D eigenvalue weighted by Crippen LogP contribution is -2.20. The second kappa shape index (κ2) is 6.87. The molecule has 6 heteroatoms. The molecule has 21 heavy (non-hydrogen) atoms.